The van der Waals surface area contributed by atoms with Gasteiger partial charge in [-0.25, -0.2) is 4.98 Å². The minimum absolute atomic E-state index is 0.0161. The summed E-state index contributed by atoms with van der Waals surface area (Å²) in [6.45, 7) is 2.47. The molecule has 0 aliphatic heterocycles. The normalized spacial score (nSPS) is 10.3. The highest BCUT2D eigenvalue weighted by Gasteiger charge is 2.09. The second-order valence-corrected chi connectivity index (χ2v) is 5.35. The Morgan fingerprint density at radius 2 is 2.33 bits per heavy atom. The van der Waals surface area contributed by atoms with E-state index in [1.165, 1.54) is 18.2 Å². The number of nitro benzene ring substituents is 1. The number of aryl methyl sites for hydroxylation is 1. The van der Waals surface area contributed by atoms with Crippen LogP contribution in [0.25, 0.3) is 0 Å². The molecule has 0 spiro atoms. The molecule has 18 heavy (non-hydrogen) atoms. The molecule has 0 fully saturated rings. The molecule has 0 aliphatic rings. The van der Waals surface area contributed by atoms with Gasteiger partial charge < -0.3 is 5.32 Å². The molecule has 2 aromatic rings. The molecule has 0 atom stereocenters. The van der Waals surface area contributed by atoms with Gasteiger partial charge in [0.2, 0.25) is 0 Å². The van der Waals surface area contributed by atoms with E-state index in [1.54, 1.807) is 17.5 Å². The minimum Gasteiger partial charge on any atom is -0.379 e. The maximum atomic E-state index is 10.7. The highest BCUT2D eigenvalue weighted by molar-refractivity contribution is 7.11. The highest BCUT2D eigenvalue weighted by atomic mass is 35.5. The lowest BCUT2D eigenvalue weighted by molar-refractivity contribution is -0.384. The van der Waals surface area contributed by atoms with Crippen LogP contribution in [0.4, 0.5) is 11.4 Å². The summed E-state index contributed by atoms with van der Waals surface area (Å²) in [6.07, 6.45) is 1.78. The van der Waals surface area contributed by atoms with Crippen molar-refractivity contribution in [2.24, 2.45) is 0 Å². The Bertz CT molecular complexity index is 585. The fraction of sp³-hybridized carbons (Fsp3) is 0.182. The van der Waals surface area contributed by atoms with Gasteiger partial charge in [-0.15, -0.1) is 11.3 Å². The van der Waals surface area contributed by atoms with Gasteiger partial charge in [-0.3, -0.25) is 10.1 Å². The Labute approximate surface area is 113 Å². The molecule has 0 aliphatic carbocycles. The summed E-state index contributed by atoms with van der Waals surface area (Å²) < 4.78 is 0. The van der Waals surface area contributed by atoms with Gasteiger partial charge in [-0.1, -0.05) is 11.6 Å². The number of aromatic nitrogens is 1. The van der Waals surface area contributed by atoms with Crippen LogP contribution in [0.3, 0.4) is 0 Å². The quantitative estimate of drug-likeness (QED) is 0.687. The lowest BCUT2D eigenvalue weighted by Gasteiger charge is -2.06. The zero-order valence-corrected chi connectivity index (χ0v) is 11.1. The van der Waals surface area contributed by atoms with Gasteiger partial charge >= 0.3 is 0 Å². The third-order valence-corrected chi connectivity index (χ3v) is 3.53. The van der Waals surface area contributed by atoms with Crippen LogP contribution in [0.5, 0.6) is 0 Å². The average molecular weight is 284 g/mol. The van der Waals surface area contributed by atoms with E-state index in [2.05, 4.69) is 10.3 Å². The van der Waals surface area contributed by atoms with Crippen LogP contribution in [0.15, 0.2) is 24.4 Å². The van der Waals surface area contributed by atoms with Gasteiger partial charge in [0, 0.05) is 23.2 Å². The maximum absolute atomic E-state index is 10.7. The number of non-ortho nitro benzene ring substituents is 1. The number of hydrogen-bond donors (Lipinski definition) is 1. The average Bonchev–Trinajstić information content (AvgIpc) is 2.74. The van der Waals surface area contributed by atoms with Gasteiger partial charge in [-0.05, 0) is 13.0 Å². The second kappa shape index (κ2) is 5.32. The van der Waals surface area contributed by atoms with Gasteiger partial charge in [0.15, 0.2) is 0 Å². The number of benzene rings is 1. The highest BCUT2D eigenvalue weighted by Crippen LogP contribution is 2.27. The first kappa shape index (κ1) is 12.8. The molecule has 2 rings (SSSR count). The summed E-state index contributed by atoms with van der Waals surface area (Å²) >= 11 is 7.55. The lowest BCUT2D eigenvalue weighted by atomic mass is 10.3. The number of rotatable bonds is 4. The molecule has 0 amide bonds. The van der Waals surface area contributed by atoms with E-state index in [0.29, 0.717) is 17.3 Å². The maximum Gasteiger partial charge on any atom is 0.271 e. The third kappa shape index (κ3) is 2.96. The fourth-order valence-corrected chi connectivity index (χ4v) is 2.35. The van der Waals surface area contributed by atoms with E-state index in [0.717, 1.165) is 9.88 Å². The lowest BCUT2D eigenvalue weighted by Crippen LogP contribution is -1.99. The van der Waals surface area contributed by atoms with E-state index < -0.39 is 4.92 Å². The monoisotopic (exact) mass is 283 g/mol. The number of anilines is 1. The van der Waals surface area contributed by atoms with Crippen molar-refractivity contribution in [3.8, 4) is 0 Å². The van der Waals surface area contributed by atoms with Gasteiger partial charge in [0.1, 0.15) is 0 Å². The number of halogens is 1. The van der Waals surface area contributed by atoms with Gasteiger partial charge in [0.25, 0.3) is 5.69 Å². The summed E-state index contributed by atoms with van der Waals surface area (Å²) in [7, 11) is 0. The molecule has 0 saturated heterocycles. The van der Waals surface area contributed by atoms with Crippen LogP contribution in [-0.2, 0) is 6.54 Å². The second-order valence-electron chi connectivity index (χ2n) is 3.62. The van der Waals surface area contributed by atoms with Crippen molar-refractivity contribution in [3.05, 3.63) is 49.4 Å². The molecular formula is C11H10ClN3O2S. The number of hydrogen-bond acceptors (Lipinski definition) is 5. The SMILES string of the molecule is Cc1ncc(CNc2cc([N+](=O)[O-])ccc2Cl)s1. The summed E-state index contributed by atoms with van der Waals surface area (Å²) in [5, 5.41) is 15.2. The molecule has 0 unspecified atom stereocenters. The molecule has 1 N–H and O–H groups in total. The first-order valence-corrected chi connectivity index (χ1v) is 6.35. The van der Waals surface area contributed by atoms with Crippen LogP contribution in [0.1, 0.15) is 9.88 Å². The smallest absolute Gasteiger partial charge is 0.271 e. The molecule has 1 heterocycles. The summed E-state index contributed by atoms with van der Waals surface area (Å²) in [5.41, 5.74) is 0.569. The van der Waals surface area contributed by atoms with Crippen LogP contribution < -0.4 is 5.32 Å². The van der Waals surface area contributed by atoms with E-state index in [9.17, 15) is 10.1 Å². The van der Waals surface area contributed by atoms with Crippen molar-refractivity contribution in [2.75, 3.05) is 5.32 Å². The van der Waals surface area contributed by atoms with Gasteiger partial charge in [0.05, 0.1) is 27.2 Å². The van der Waals surface area contributed by atoms with Crippen LogP contribution >= 0.6 is 22.9 Å². The van der Waals surface area contributed by atoms with E-state index >= 15 is 0 Å². The van der Waals surface area contributed by atoms with Crippen LogP contribution in [0, 0.1) is 17.0 Å². The van der Waals surface area contributed by atoms with Crippen molar-refractivity contribution < 1.29 is 4.92 Å². The minimum atomic E-state index is -0.446. The number of nitrogens with zero attached hydrogens (tertiary/aromatic N) is 2. The molecule has 7 heteroatoms. The molecule has 0 radical (unpaired) electrons. The first-order valence-electron chi connectivity index (χ1n) is 5.15. The summed E-state index contributed by atoms with van der Waals surface area (Å²) in [5.74, 6) is 0. The third-order valence-electron chi connectivity index (χ3n) is 2.28. The van der Waals surface area contributed by atoms with Crippen molar-refractivity contribution in [1.82, 2.24) is 4.98 Å². The summed E-state index contributed by atoms with van der Waals surface area (Å²) in [6, 6.07) is 4.32. The van der Waals surface area contributed by atoms with Crippen molar-refractivity contribution in [1.29, 1.82) is 0 Å². The zero-order valence-electron chi connectivity index (χ0n) is 9.51. The standard InChI is InChI=1S/C11H10ClN3O2S/c1-7-13-5-9(18-7)6-14-11-4-8(15(16)17)2-3-10(11)12/h2-5,14H,6H2,1H3. The molecular weight excluding hydrogens is 274 g/mol. The number of thiazole rings is 1. The first-order chi connectivity index (χ1) is 8.56. The molecule has 94 valence electrons. The predicted molar refractivity (Wildman–Crippen MR) is 72.3 cm³/mol. The Kier molecular flexibility index (Phi) is 3.78. The van der Waals surface area contributed by atoms with Crippen molar-refractivity contribution >= 4 is 34.3 Å². The summed E-state index contributed by atoms with van der Waals surface area (Å²) in [4.78, 5) is 15.4. The van der Waals surface area contributed by atoms with E-state index in [1.807, 2.05) is 6.92 Å². The Balaban J connectivity index is 2.13. The number of nitrogens with one attached hydrogen (secondary N) is 1. The molecule has 5 nitrogen and oxygen atoms in total. The van der Waals surface area contributed by atoms with Crippen LogP contribution in [0.2, 0.25) is 5.02 Å². The molecule has 1 aromatic heterocycles. The predicted octanol–water partition coefficient (Wildman–Crippen LogP) is 3.63. The van der Waals surface area contributed by atoms with Crippen molar-refractivity contribution in [3.63, 3.8) is 0 Å². The fourth-order valence-electron chi connectivity index (χ4n) is 1.43. The molecule has 0 saturated carbocycles. The Hall–Kier alpha value is -1.66. The van der Waals surface area contributed by atoms with E-state index in [4.69, 9.17) is 11.6 Å². The molecule has 1 aromatic carbocycles. The molecule has 0 bridgehead atoms. The Morgan fingerprint density at radius 1 is 1.56 bits per heavy atom. The largest absolute Gasteiger partial charge is 0.379 e. The topological polar surface area (TPSA) is 68.1 Å². The van der Waals surface area contributed by atoms with Crippen molar-refractivity contribution in [2.45, 2.75) is 13.5 Å². The Morgan fingerprint density at radius 3 is 2.94 bits per heavy atom. The van der Waals surface area contributed by atoms with E-state index in [-0.39, 0.29) is 5.69 Å². The number of nitro groups is 1. The van der Waals surface area contributed by atoms with Gasteiger partial charge in [-0.2, -0.15) is 0 Å². The zero-order chi connectivity index (χ0) is 13.1. The van der Waals surface area contributed by atoms with Crippen LogP contribution in [-0.4, -0.2) is 9.91 Å².